The third kappa shape index (κ3) is 5.57. The van der Waals surface area contributed by atoms with Crippen molar-refractivity contribution in [1.29, 1.82) is 0 Å². The number of carboxylic acid groups (broad SMARTS) is 1. The van der Waals surface area contributed by atoms with Crippen LogP contribution in [0.5, 0.6) is 5.75 Å². The van der Waals surface area contributed by atoms with Gasteiger partial charge >= 0.3 is 5.97 Å². The molecule has 2 N–H and O–H groups in total. The number of aryl methyl sites for hydroxylation is 1. The summed E-state index contributed by atoms with van der Waals surface area (Å²) in [5.74, 6) is -0.0134. The van der Waals surface area contributed by atoms with Gasteiger partial charge in [-0.1, -0.05) is 73.9 Å². The van der Waals surface area contributed by atoms with E-state index in [1.54, 1.807) is 6.07 Å². The Kier molecular flexibility index (Phi) is 7.23. The molecule has 0 aliphatic heterocycles. The van der Waals surface area contributed by atoms with Crippen molar-refractivity contribution < 1.29 is 14.6 Å². The number of carbonyl (C=O) groups is 1. The first-order valence-corrected chi connectivity index (χ1v) is 11.5. The van der Waals surface area contributed by atoms with Gasteiger partial charge in [0.05, 0.1) is 5.56 Å². The van der Waals surface area contributed by atoms with Gasteiger partial charge in [-0.3, -0.25) is 0 Å². The van der Waals surface area contributed by atoms with Crippen molar-refractivity contribution in [3.63, 3.8) is 0 Å². The highest BCUT2D eigenvalue weighted by atomic mass is 16.5. The molecule has 166 valence electrons. The summed E-state index contributed by atoms with van der Waals surface area (Å²) < 4.78 is 6.28. The molecule has 0 aromatic heterocycles. The van der Waals surface area contributed by atoms with Crippen molar-refractivity contribution >= 4 is 22.8 Å². The third-order valence-corrected chi connectivity index (χ3v) is 6.24. The number of ether oxygens (including phenoxy) is 1. The van der Waals surface area contributed by atoms with Crippen molar-refractivity contribution in [3.05, 3.63) is 82.9 Å². The van der Waals surface area contributed by atoms with Crippen LogP contribution >= 0.6 is 0 Å². The predicted molar refractivity (Wildman–Crippen MR) is 130 cm³/mol. The van der Waals surface area contributed by atoms with Crippen LogP contribution in [-0.4, -0.2) is 30.3 Å². The molecule has 1 aliphatic rings. The molecule has 3 aromatic carbocycles. The summed E-state index contributed by atoms with van der Waals surface area (Å²) in [5.41, 5.74) is 3.25. The molecule has 1 fully saturated rings. The Balaban J connectivity index is 1.54. The second-order valence-electron chi connectivity index (χ2n) is 8.66. The lowest BCUT2D eigenvalue weighted by Gasteiger charge is -2.23. The molecule has 4 nitrogen and oxygen atoms in total. The van der Waals surface area contributed by atoms with Gasteiger partial charge in [-0.2, -0.15) is 0 Å². The number of hydrogen-bond donors (Lipinski definition) is 2. The van der Waals surface area contributed by atoms with Crippen LogP contribution in [0.1, 0.15) is 53.6 Å². The minimum Gasteiger partial charge on any atom is -0.489 e. The molecule has 0 spiro atoms. The summed E-state index contributed by atoms with van der Waals surface area (Å²) in [6, 6.07) is 20.4. The summed E-state index contributed by atoms with van der Waals surface area (Å²) in [6.07, 6.45) is 8.49. The van der Waals surface area contributed by atoms with E-state index in [9.17, 15) is 9.90 Å². The molecule has 4 rings (SSSR count). The van der Waals surface area contributed by atoms with E-state index < -0.39 is 5.97 Å². The van der Waals surface area contributed by atoms with E-state index >= 15 is 0 Å². The van der Waals surface area contributed by atoms with Gasteiger partial charge in [0.1, 0.15) is 12.4 Å². The average molecular weight is 430 g/mol. The summed E-state index contributed by atoms with van der Waals surface area (Å²) in [7, 11) is 0. The smallest absolute Gasteiger partial charge is 0.335 e. The van der Waals surface area contributed by atoms with Crippen molar-refractivity contribution in [2.75, 3.05) is 13.2 Å². The fraction of sp³-hybridized carbons (Fsp3) is 0.321. The van der Waals surface area contributed by atoms with Crippen LogP contribution in [0.2, 0.25) is 0 Å². The molecule has 1 aliphatic carbocycles. The molecular weight excluding hydrogens is 398 g/mol. The highest BCUT2D eigenvalue weighted by molar-refractivity contribution is 5.90. The summed E-state index contributed by atoms with van der Waals surface area (Å²) in [5, 5.41) is 15.3. The standard InChI is InChI=1S/C28H31NO3/c1-20-16-21(14-15-25(20)28(30)31)17-22(18-29-24-10-3-2-4-11-24)19-32-27-13-7-9-23-8-5-6-12-26(23)27/h5-9,12-17,24,29H,2-4,10-11,18-19H2,1H3,(H,30,31)/b22-17-. The maximum absolute atomic E-state index is 11.4. The summed E-state index contributed by atoms with van der Waals surface area (Å²) >= 11 is 0. The first-order chi connectivity index (χ1) is 15.6. The number of nitrogens with one attached hydrogen (secondary N) is 1. The highest BCUT2D eigenvalue weighted by Gasteiger charge is 2.14. The van der Waals surface area contributed by atoms with Crippen LogP contribution in [0.15, 0.2) is 66.2 Å². The predicted octanol–water partition coefficient (Wildman–Crippen LogP) is 6.23. The lowest BCUT2D eigenvalue weighted by atomic mass is 9.95. The Bertz CT molecular complexity index is 1110. The zero-order chi connectivity index (χ0) is 22.3. The third-order valence-electron chi connectivity index (χ3n) is 6.24. The van der Waals surface area contributed by atoms with Gasteiger partial charge in [-0.25, -0.2) is 4.79 Å². The fourth-order valence-corrected chi connectivity index (χ4v) is 4.47. The molecule has 0 atom stereocenters. The fourth-order valence-electron chi connectivity index (χ4n) is 4.47. The van der Waals surface area contributed by atoms with Crippen molar-refractivity contribution in [3.8, 4) is 5.75 Å². The number of fused-ring (bicyclic) bond motifs is 1. The molecule has 32 heavy (non-hydrogen) atoms. The molecule has 3 aromatic rings. The number of hydrogen-bond acceptors (Lipinski definition) is 3. The van der Waals surface area contributed by atoms with Gasteiger partial charge in [-0.05, 0) is 54.0 Å². The number of carboxylic acids is 1. The molecular formula is C28H31NO3. The molecule has 4 heteroatoms. The van der Waals surface area contributed by atoms with E-state index in [2.05, 4.69) is 29.6 Å². The molecule has 1 saturated carbocycles. The van der Waals surface area contributed by atoms with Gasteiger partial charge in [0.15, 0.2) is 0 Å². The van der Waals surface area contributed by atoms with Crippen LogP contribution in [0.25, 0.3) is 16.8 Å². The largest absolute Gasteiger partial charge is 0.489 e. The van der Waals surface area contributed by atoms with E-state index in [-0.39, 0.29) is 0 Å². The van der Waals surface area contributed by atoms with Crippen LogP contribution in [0.3, 0.4) is 0 Å². The number of benzene rings is 3. The van der Waals surface area contributed by atoms with Gasteiger partial charge in [0.2, 0.25) is 0 Å². The molecule has 0 unspecified atom stereocenters. The minimum absolute atomic E-state index is 0.344. The molecule has 0 radical (unpaired) electrons. The SMILES string of the molecule is Cc1cc(/C=C(/CNC2CCCCC2)COc2cccc3ccccc23)ccc1C(=O)O. The minimum atomic E-state index is -0.892. The monoisotopic (exact) mass is 429 g/mol. The average Bonchev–Trinajstić information content (AvgIpc) is 2.81. The van der Waals surface area contributed by atoms with Crippen molar-refractivity contribution in [2.45, 2.75) is 45.1 Å². The lowest BCUT2D eigenvalue weighted by molar-refractivity contribution is 0.0696. The Morgan fingerprint density at radius 3 is 2.62 bits per heavy atom. The molecule has 0 heterocycles. The van der Waals surface area contributed by atoms with Gasteiger partial charge in [0.25, 0.3) is 0 Å². The van der Waals surface area contributed by atoms with E-state index in [1.807, 2.05) is 43.3 Å². The Morgan fingerprint density at radius 2 is 1.84 bits per heavy atom. The highest BCUT2D eigenvalue weighted by Crippen LogP contribution is 2.26. The van der Waals surface area contributed by atoms with Crippen LogP contribution in [0, 0.1) is 6.92 Å². The maximum atomic E-state index is 11.4. The van der Waals surface area contributed by atoms with E-state index in [4.69, 9.17) is 4.74 Å². The lowest BCUT2D eigenvalue weighted by Crippen LogP contribution is -2.33. The number of rotatable bonds is 8. The van der Waals surface area contributed by atoms with E-state index in [0.29, 0.717) is 18.2 Å². The zero-order valence-corrected chi connectivity index (χ0v) is 18.6. The van der Waals surface area contributed by atoms with Gasteiger partial charge in [-0.15, -0.1) is 0 Å². The second-order valence-corrected chi connectivity index (χ2v) is 8.66. The van der Waals surface area contributed by atoms with Crippen molar-refractivity contribution in [1.82, 2.24) is 5.32 Å². The summed E-state index contributed by atoms with van der Waals surface area (Å²) in [4.78, 5) is 11.4. The Hall–Kier alpha value is -3.11. The molecule has 0 bridgehead atoms. The first-order valence-electron chi connectivity index (χ1n) is 11.5. The normalized spacial score (nSPS) is 15.1. The molecule has 0 saturated heterocycles. The number of aromatic carboxylic acids is 1. The zero-order valence-electron chi connectivity index (χ0n) is 18.6. The topological polar surface area (TPSA) is 58.6 Å². The quantitative estimate of drug-likeness (QED) is 0.446. The van der Waals surface area contributed by atoms with E-state index in [1.165, 1.54) is 32.1 Å². The Labute approximate surface area is 189 Å². The van der Waals surface area contributed by atoms with Crippen LogP contribution in [-0.2, 0) is 0 Å². The van der Waals surface area contributed by atoms with E-state index in [0.717, 1.165) is 39.8 Å². The van der Waals surface area contributed by atoms with Crippen molar-refractivity contribution in [2.24, 2.45) is 0 Å². The maximum Gasteiger partial charge on any atom is 0.335 e. The van der Waals surface area contributed by atoms with Gasteiger partial charge in [0, 0.05) is 18.0 Å². The van der Waals surface area contributed by atoms with Crippen LogP contribution < -0.4 is 10.1 Å². The molecule has 0 amide bonds. The first kappa shape index (κ1) is 22.1. The summed E-state index contributed by atoms with van der Waals surface area (Å²) in [6.45, 7) is 3.08. The Morgan fingerprint density at radius 1 is 1.06 bits per heavy atom. The van der Waals surface area contributed by atoms with Gasteiger partial charge < -0.3 is 15.2 Å². The second kappa shape index (κ2) is 10.5. The van der Waals surface area contributed by atoms with Crippen LogP contribution in [0.4, 0.5) is 0 Å².